The number of aromatic nitrogens is 2. The van der Waals surface area contributed by atoms with E-state index in [0.29, 0.717) is 29.2 Å². The van der Waals surface area contributed by atoms with Crippen molar-refractivity contribution in [3.63, 3.8) is 0 Å². The Hall–Kier alpha value is -2.50. The molecule has 2 aromatic rings. The Kier molecular flexibility index (Phi) is 5.49. The quantitative estimate of drug-likeness (QED) is 0.824. The average Bonchev–Trinajstić information content (AvgIpc) is 2.57. The number of nitrogens with zero attached hydrogens (tertiary/aromatic N) is 3. The smallest absolute Gasteiger partial charge is 0.215 e. The van der Waals surface area contributed by atoms with Crippen molar-refractivity contribution in [1.29, 1.82) is 5.26 Å². The Bertz CT molecular complexity index is 888. The van der Waals surface area contributed by atoms with Gasteiger partial charge in [0.05, 0.1) is 11.4 Å². The minimum Gasteiger partial charge on any atom is -0.363 e. The van der Waals surface area contributed by atoms with Crippen molar-refractivity contribution in [2.24, 2.45) is 0 Å². The maximum Gasteiger partial charge on any atom is 0.215 e. The van der Waals surface area contributed by atoms with Crippen molar-refractivity contribution in [3.05, 3.63) is 52.2 Å². The van der Waals surface area contributed by atoms with Gasteiger partial charge in [-0.15, -0.1) is 5.10 Å². The maximum absolute atomic E-state index is 11.8. The molecule has 0 radical (unpaired) electrons. The minimum absolute atomic E-state index is 0.106. The average molecular weight is 345 g/mol. The minimum atomic E-state index is -3.36. The largest absolute Gasteiger partial charge is 0.363 e. The lowest BCUT2D eigenvalue weighted by atomic mass is 10.1. The van der Waals surface area contributed by atoms with E-state index in [1.165, 1.54) is 7.05 Å². The molecule has 2 N–H and O–H groups in total. The highest BCUT2D eigenvalue weighted by Gasteiger charge is 2.14. The maximum atomic E-state index is 11.8. The fraction of sp³-hybridized carbons (Fsp3) is 0.312. The number of benzene rings is 1. The van der Waals surface area contributed by atoms with Gasteiger partial charge in [0.2, 0.25) is 10.0 Å². The molecule has 0 fully saturated rings. The summed E-state index contributed by atoms with van der Waals surface area (Å²) in [4.78, 5) is 0. The molecule has 8 heteroatoms. The van der Waals surface area contributed by atoms with Crippen LogP contribution in [0.5, 0.6) is 0 Å². The molecule has 0 unspecified atom stereocenters. The third kappa shape index (κ3) is 4.07. The molecule has 0 aliphatic rings. The SMILES string of the molecule is CNS(=O)(=O)Cc1ccccc1CNc1nnc(C)c(C)c1C#N. The molecule has 0 spiro atoms. The Labute approximate surface area is 141 Å². The van der Waals surface area contributed by atoms with Crippen molar-refractivity contribution in [2.45, 2.75) is 26.1 Å². The van der Waals surface area contributed by atoms with Gasteiger partial charge in [0.1, 0.15) is 11.6 Å². The number of nitriles is 1. The molecular weight excluding hydrogens is 326 g/mol. The molecule has 0 saturated carbocycles. The predicted molar refractivity (Wildman–Crippen MR) is 91.7 cm³/mol. The van der Waals surface area contributed by atoms with Crippen molar-refractivity contribution in [3.8, 4) is 6.07 Å². The number of rotatable bonds is 6. The Morgan fingerprint density at radius 1 is 1.17 bits per heavy atom. The Morgan fingerprint density at radius 3 is 2.46 bits per heavy atom. The van der Waals surface area contributed by atoms with Crippen LogP contribution in [0.4, 0.5) is 5.82 Å². The zero-order valence-corrected chi connectivity index (χ0v) is 14.6. The molecule has 0 aliphatic heterocycles. The number of aryl methyl sites for hydroxylation is 1. The van der Waals surface area contributed by atoms with Crippen molar-refractivity contribution < 1.29 is 8.42 Å². The van der Waals surface area contributed by atoms with E-state index in [-0.39, 0.29) is 5.75 Å². The van der Waals surface area contributed by atoms with Crippen LogP contribution in [0.25, 0.3) is 0 Å². The monoisotopic (exact) mass is 345 g/mol. The van der Waals surface area contributed by atoms with Crippen molar-refractivity contribution in [2.75, 3.05) is 12.4 Å². The summed E-state index contributed by atoms with van der Waals surface area (Å²) in [5.41, 5.74) is 3.44. The van der Waals surface area contributed by atoms with E-state index in [4.69, 9.17) is 0 Å². The lowest BCUT2D eigenvalue weighted by molar-refractivity contribution is 0.587. The number of nitrogens with one attached hydrogen (secondary N) is 2. The first-order valence-corrected chi connectivity index (χ1v) is 8.99. The lowest BCUT2D eigenvalue weighted by Gasteiger charge is -2.13. The fourth-order valence-electron chi connectivity index (χ4n) is 2.20. The highest BCUT2D eigenvalue weighted by Crippen LogP contribution is 2.19. The molecule has 2 rings (SSSR count). The fourth-order valence-corrected chi connectivity index (χ4v) is 3.03. The third-order valence-electron chi connectivity index (χ3n) is 3.79. The summed E-state index contributed by atoms with van der Waals surface area (Å²) in [5, 5.41) is 20.5. The second-order valence-corrected chi connectivity index (χ2v) is 7.26. The van der Waals surface area contributed by atoms with Gasteiger partial charge < -0.3 is 5.32 Å². The highest BCUT2D eigenvalue weighted by molar-refractivity contribution is 7.88. The van der Waals surface area contributed by atoms with E-state index in [9.17, 15) is 13.7 Å². The third-order valence-corrected chi connectivity index (χ3v) is 5.10. The summed E-state index contributed by atoms with van der Waals surface area (Å²) in [5.74, 6) is 0.289. The number of anilines is 1. The first-order chi connectivity index (χ1) is 11.4. The lowest BCUT2D eigenvalue weighted by Crippen LogP contribution is -2.21. The number of hydrogen-bond donors (Lipinski definition) is 2. The van der Waals surface area contributed by atoms with Crippen LogP contribution >= 0.6 is 0 Å². The second-order valence-electron chi connectivity index (χ2n) is 5.33. The summed E-state index contributed by atoms with van der Waals surface area (Å²) in [6.45, 7) is 3.97. The zero-order valence-electron chi connectivity index (χ0n) is 13.8. The Balaban J connectivity index is 2.25. The van der Waals surface area contributed by atoms with Gasteiger partial charge in [-0.05, 0) is 37.6 Å². The molecule has 0 saturated heterocycles. The molecule has 0 bridgehead atoms. The number of sulfonamides is 1. The normalized spacial score (nSPS) is 11.1. The van der Waals surface area contributed by atoms with Gasteiger partial charge in [-0.25, -0.2) is 13.1 Å². The van der Waals surface area contributed by atoms with Crippen LogP contribution in [0.2, 0.25) is 0 Å². The number of hydrogen-bond acceptors (Lipinski definition) is 6. The first kappa shape index (κ1) is 17.8. The van der Waals surface area contributed by atoms with E-state index in [2.05, 4.69) is 26.3 Å². The van der Waals surface area contributed by atoms with Crippen LogP contribution in [0.1, 0.15) is 27.9 Å². The van der Waals surface area contributed by atoms with Crippen LogP contribution in [-0.2, 0) is 22.3 Å². The van der Waals surface area contributed by atoms with E-state index < -0.39 is 10.0 Å². The molecular formula is C16H19N5O2S. The molecule has 7 nitrogen and oxygen atoms in total. The van der Waals surface area contributed by atoms with Crippen LogP contribution in [0.3, 0.4) is 0 Å². The second kappa shape index (κ2) is 7.38. The molecule has 1 aromatic carbocycles. The van der Waals surface area contributed by atoms with Crippen LogP contribution in [0.15, 0.2) is 24.3 Å². The first-order valence-electron chi connectivity index (χ1n) is 7.33. The summed E-state index contributed by atoms with van der Waals surface area (Å²) in [7, 11) is -1.97. The molecule has 126 valence electrons. The van der Waals surface area contributed by atoms with Gasteiger partial charge in [-0.1, -0.05) is 24.3 Å². The predicted octanol–water partition coefficient (Wildman–Crippen LogP) is 1.63. The van der Waals surface area contributed by atoms with E-state index >= 15 is 0 Å². The summed E-state index contributed by atoms with van der Waals surface area (Å²) >= 11 is 0. The van der Waals surface area contributed by atoms with E-state index in [0.717, 1.165) is 11.1 Å². The summed E-state index contributed by atoms with van der Waals surface area (Å²) in [6.07, 6.45) is 0. The van der Waals surface area contributed by atoms with E-state index in [1.54, 1.807) is 19.1 Å². The van der Waals surface area contributed by atoms with E-state index in [1.807, 2.05) is 19.1 Å². The van der Waals surface area contributed by atoms with Crippen LogP contribution in [0, 0.1) is 25.2 Å². The van der Waals surface area contributed by atoms with Gasteiger partial charge in [-0.2, -0.15) is 10.4 Å². The van der Waals surface area contributed by atoms with Crippen LogP contribution in [-0.4, -0.2) is 25.7 Å². The molecule has 0 amide bonds. The van der Waals surface area contributed by atoms with Gasteiger partial charge in [0, 0.05) is 6.54 Å². The van der Waals surface area contributed by atoms with Gasteiger partial charge in [0.15, 0.2) is 5.82 Å². The molecule has 1 aromatic heterocycles. The van der Waals surface area contributed by atoms with Gasteiger partial charge >= 0.3 is 0 Å². The summed E-state index contributed by atoms with van der Waals surface area (Å²) in [6, 6.07) is 9.37. The molecule has 1 heterocycles. The summed E-state index contributed by atoms with van der Waals surface area (Å²) < 4.78 is 25.9. The highest BCUT2D eigenvalue weighted by atomic mass is 32.2. The van der Waals surface area contributed by atoms with Crippen molar-refractivity contribution >= 4 is 15.8 Å². The standard InChI is InChI=1S/C16H19N5O2S/c1-11-12(2)20-21-16(15(11)8-17)19-9-13-6-4-5-7-14(13)10-24(22,23)18-3/h4-7,18H,9-10H2,1-3H3,(H,19,21). The topological polar surface area (TPSA) is 108 Å². The zero-order chi connectivity index (χ0) is 17.7. The van der Waals surface area contributed by atoms with Gasteiger partial charge in [-0.3, -0.25) is 0 Å². The van der Waals surface area contributed by atoms with Gasteiger partial charge in [0.25, 0.3) is 0 Å². The van der Waals surface area contributed by atoms with Crippen molar-refractivity contribution in [1.82, 2.24) is 14.9 Å². The van der Waals surface area contributed by atoms with Crippen LogP contribution < -0.4 is 10.0 Å². The molecule has 0 aliphatic carbocycles. The molecule has 24 heavy (non-hydrogen) atoms. The Morgan fingerprint density at radius 2 is 1.83 bits per heavy atom. The molecule has 0 atom stereocenters.